The number of methoxy groups -OCH3 is 1. The van der Waals surface area contributed by atoms with Gasteiger partial charge in [0, 0.05) is 39.3 Å². The molecule has 3 fully saturated rings. The highest BCUT2D eigenvalue weighted by Gasteiger charge is 2.46. The smallest absolute Gasteiger partial charge is 0.337 e. The lowest BCUT2D eigenvalue weighted by Crippen LogP contribution is -2.49. The van der Waals surface area contributed by atoms with Crippen LogP contribution in [0.1, 0.15) is 122 Å². The Hall–Kier alpha value is -5.56. The number of nitrogens with one attached hydrogen (secondary N) is 2. The fraction of sp³-hybridized carbons (Fsp3) is 0.500. The number of aromatic carboxylic acids is 1. The number of carboxylic acids is 1. The second kappa shape index (κ2) is 17.8. The second-order valence-corrected chi connectivity index (χ2v) is 18.1. The third kappa shape index (κ3) is 8.80. The highest BCUT2D eigenvalue weighted by Crippen LogP contribution is 2.45. The molecule has 3 aromatic carbocycles. The predicted molar refractivity (Wildman–Crippen MR) is 226 cm³/mol. The number of aryl methyl sites for hydroxylation is 3. The summed E-state index contributed by atoms with van der Waals surface area (Å²) in [6, 6.07) is 16.4. The van der Waals surface area contributed by atoms with Crippen LogP contribution in [0.4, 0.5) is 0 Å². The summed E-state index contributed by atoms with van der Waals surface area (Å²) in [7, 11) is 5.16. The number of amides is 4. The van der Waals surface area contributed by atoms with Crippen molar-refractivity contribution in [3.63, 3.8) is 0 Å². The van der Waals surface area contributed by atoms with Gasteiger partial charge >= 0.3 is 11.9 Å². The van der Waals surface area contributed by atoms with Gasteiger partial charge in [0.05, 0.1) is 34.5 Å². The number of carbonyl (C=O) groups excluding carboxylic acids is 5. The molecular weight excluding hydrogens is 777 g/mol. The fourth-order valence-electron chi connectivity index (χ4n) is 10.8. The molecule has 3 saturated heterocycles. The number of carbonyl (C=O) groups is 6. The molecule has 324 valence electrons. The normalized spacial score (nSPS) is 25.1. The number of carboxylic acid groups (broad SMARTS) is 1. The number of hydroxylamine groups is 1. The van der Waals surface area contributed by atoms with Gasteiger partial charge in [-0.15, -0.1) is 0 Å². The van der Waals surface area contributed by atoms with Crippen molar-refractivity contribution in [2.75, 3.05) is 40.8 Å². The first kappa shape index (κ1) is 43.5. The Bertz CT molecular complexity index is 2240. The molecule has 3 atom stereocenters. The van der Waals surface area contributed by atoms with E-state index in [0.29, 0.717) is 16.7 Å². The van der Waals surface area contributed by atoms with E-state index in [-0.39, 0.29) is 39.9 Å². The summed E-state index contributed by atoms with van der Waals surface area (Å²) in [5.74, 6) is -0.962. The van der Waals surface area contributed by atoms with Gasteiger partial charge in [0.1, 0.15) is 0 Å². The topological polar surface area (TPSA) is 183 Å². The number of hydrogen-bond donors (Lipinski definition) is 4. The Kier molecular flexibility index (Phi) is 12.7. The van der Waals surface area contributed by atoms with Gasteiger partial charge < -0.3 is 25.0 Å². The van der Waals surface area contributed by atoms with Crippen molar-refractivity contribution in [1.82, 2.24) is 20.6 Å². The number of piperidine rings is 3. The van der Waals surface area contributed by atoms with Crippen molar-refractivity contribution < 1.29 is 43.8 Å². The number of benzene rings is 3. The van der Waals surface area contributed by atoms with Crippen molar-refractivity contribution >= 4 is 35.6 Å². The minimum absolute atomic E-state index is 0.200. The third-order valence-corrected chi connectivity index (χ3v) is 14.4. The Labute approximate surface area is 357 Å². The number of rotatable bonds is 3. The zero-order chi connectivity index (χ0) is 43.5. The first-order valence-electron chi connectivity index (χ1n) is 21.6. The highest BCUT2D eigenvalue weighted by atomic mass is 16.5. The molecule has 3 aliphatic heterocycles. The largest absolute Gasteiger partial charge is 0.478 e. The Balaban J connectivity index is 0.000000138. The third-order valence-electron chi connectivity index (χ3n) is 14.4. The molecule has 4 N–H and O–H groups in total. The molecule has 3 aromatic rings. The van der Waals surface area contributed by atoms with Crippen LogP contribution in [0.2, 0.25) is 0 Å². The van der Waals surface area contributed by atoms with Crippen molar-refractivity contribution in [2.24, 2.45) is 16.2 Å². The first-order chi connectivity index (χ1) is 29.2. The van der Waals surface area contributed by atoms with E-state index in [1.807, 2.05) is 54.2 Å². The molecule has 13 nitrogen and oxygen atoms in total. The Morgan fingerprint density at radius 1 is 0.623 bits per heavy atom. The molecule has 3 aliphatic carbocycles. The minimum atomic E-state index is -0.887. The average Bonchev–Trinajstić information content (AvgIpc) is 3.27. The molecule has 3 unspecified atom stereocenters. The van der Waals surface area contributed by atoms with Crippen LogP contribution in [0.25, 0.3) is 0 Å². The van der Waals surface area contributed by atoms with Crippen molar-refractivity contribution in [3.05, 3.63) is 105 Å². The molecule has 3 spiro atoms. The summed E-state index contributed by atoms with van der Waals surface area (Å²) in [5.41, 5.74) is 9.21. The summed E-state index contributed by atoms with van der Waals surface area (Å²) in [6.07, 6.45) is 13.4. The summed E-state index contributed by atoms with van der Waals surface area (Å²) >= 11 is 0. The van der Waals surface area contributed by atoms with E-state index < -0.39 is 11.9 Å². The zero-order valence-electron chi connectivity index (χ0n) is 35.6. The van der Waals surface area contributed by atoms with E-state index in [1.165, 1.54) is 18.2 Å². The maximum Gasteiger partial charge on any atom is 0.337 e. The van der Waals surface area contributed by atoms with E-state index in [4.69, 9.17) is 15.1 Å². The molecule has 13 heteroatoms. The quantitative estimate of drug-likeness (QED) is 0.150. The summed E-state index contributed by atoms with van der Waals surface area (Å²) < 4.78 is 4.75. The van der Waals surface area contributed by atoms with E-state index >= 15 is 0 Å². The van der Waals surface area contributed by atoms with E-state index in [0.717, 1.165) is 138 Å². The molecule has 3 heterocycles. The fourth-order valence-corrected chi connectivity index (χ4v) is 10.8. The predicted octanol–water partition coefficient (Wildman–Crippen LogP) is 5.50. The molecule has 0 radical (unpaired) electrons. The number of hydrogen-bond acceptors (Lipinski definition) is 8. The zero-order valence-corrected chi connectivity index (χ0v) is 35.6. The lowest BCUT2D eigenvalue weighted by atomic mass is 9.66. The monoisotopic (exact) mass is 834 g/mol. The standard InChI is InChI=1S/C16H20N2O3.2C16H19NO3/c1-18-8-2-6-16(15(18)20)7-5-11-9-12(14(19)17-21)3-4-13(11)10-16;1-20-14(18)12-3-4-13-10-16(7-5-11(13)9-12)6-2-8-17-15(16)19;1-17-8-2-6-16(15(17)20)7-5-11-9-12(14(18)19)3-4-13(11)10-16/h3-4,9,21H,2,5-8,10H2,1H3,(H,17,19);3-4,9H,2,5-8,10H2,1H3,(H,17,19);3-4,9H,2,5-8,10H2,1H3,(H,18,19). The number of likely N-dealkylation sites (tertiary alicyclic amines) is 2. The number of ether oxygens (including phenoxy) is 1. The van der Waals surface area contributed by atoms with Crippen molar-refractivity contribution in [3.8, 4) is 0 Å². The first-order valence-corrected chi connectivity index (χ1v) is 21.6. The van der Waals surface area contributed by atoms with Gasteiger partial charge in [-0.2, -0.15) is 0 Å². The molecule has 0 bridgehead atoms. The summed E-state index contributed by atoms with van der Waals surface area (Å²) in [5, 5.41) is 20.7. The van der Waals surface area contributed by atoms with E-state index in [1.54, 1.807) is 29.7 Å². The van der Waals surface area contributed by atoms with Gasteiger partial charge in [-0.3, -0.25) is 24.4 Å². The lowest BCUT2D eigenvalue weighted by molar-refractivity contribution is -0.146. The van der Waals surface area contributed by atoms with Gasteiger partial charge in [-0.05, 0) is 166 Å². The maximum atomic E-state index is 12.6. The van der Waals surface area contributed by atoms with Crippen LogP contribution in [0, 0.1) is 16.2 Å². The van der Waals surface area contributed by atoms with Crippen LogP contribution >= 0.6 is 0 Å². The van der Waals surface area contributed by atoms with Crippen molar-refractivity contribution in [1.29, 1.82) is 0 Å². The maximum absolute atomic E-state index is 12.6. The van der Waals surface area contributed by atoms with Crippen LogP contribution in [0.5, 0.6) is 0 Å². The van der Waals surface area contributed by atoms with Gasteiger partial charge in [-0.1, -0.05) is 18.2 Å². The Morgan fingerprint density at radius 2 is 1.07 bits per heavy atom. The van der Waals surface area contributed by atoms with Crippen LogP contribution in [-0.4, -0.2) is 96.5 Å². The molecule has 9 rings (SSSR count). The van der Waals surface area contributed by atoms with Gasteiger partial charge in [0.25, 0.3) is 5.91 Å². The molecule has 0 aromatic heterocycles. The van der Waals surface area contributed by atoms with E-state index in [2.05, 4.69) is 5.32 Å². The molecule has 4 amide bonds. The molecule has 61 heavy (non-hydrogen) atoms. The van der Waals surface area contributed by atoms with Crippen molar-refractivity contribution in [2.45, 2.75) is 96.3 Å². The van der Waals surface area contributed by atoms with Crippen LogP contribution in [0.15, 0.2) is 54.6 Å². The molecule has 0 saturated carbocycles. The van der Waals surface area contributed by atoms with Crippen LogP contribution in [0.3, 0.4) is 0 Å². The lowest BCUT2D eigenvalue weighted by Gasteiger charge is -2.43. The summed E-state index contributed by atoms with van der Waals surface area (Å²) in [4.78, 5) is 75.0. The number of esters is 1. The van der Waals surface area contributed by atoms with Crippen LogP contribution < -0.4 is 10.8 Å². The Morgan fingerprint density at radius 3 is 1.56 bits per heavy atom. The molecule has 6 aliphatic rings. The summed E-state index contributed by atoms with van der Waals surface area (Å²) in [6.45, 7) is 2.50. The minimum Gasteiger partial charge on any atom is -0.478 e. The highest BCUT2D eigenvalue weighted by molar-refractivity contribution is 5.94. The molecular formula is C48H58N4O9. The number of nitrogens with zero attached hydrogens (tertiary/aromatic N) is 2. The number of fused-ring (bicyclic) bond motifs is 3. The second-order valence-electron chi connectivity index (χ2n) is 18.1. The average molecular weight is 835 g/mol. The van der Waals surface area contributed by atoms with Gasteiger partial charge in [0.15, 0.2) is 0 Å². The van der Waals surface area contributed by atoms with E-state index in [9.17, 15) is 28.8 Å². The van der Waals surface area contributed by atoms with Gasteiger partial charge in [-0.25, -0.2) is 15.1 Å². The van der Waals surface area contributed by atoms with Crippen LogP contribution in [-0.2, 0) is 57.6 Å². The SMILES string of the molecule is CN1CCCC2(CCc3cc(C(=O)NO)ccc3C2)C1=O.CN1CCCC2(CCc3cc(C(=O)O)ccc3C2)C1=O.COC(=O)c1ccc2c(c1)CCC1(CCCNC1=O)C2. The van der Waals surface area contributed by atoms with Gasteiger partial charge in [0.2, 0.25) is 17.7 Å².